The van der Waals surface area contributed by atoms with Gasteiger partial charge in [0, 0.05) is 12.3 Å². The van der Waals surface area contributed by atoms with Crippen molar-refractivity contribution in [2.45, 2.75) is 46.6 Å². The minimum atomic E-state index is -0.294. The van der Waals surface area contributed by atoms with Gasteiger partial charge in [0.2, 0.25) is 0 Å². The van der Waals surface area contributed by atoms with Crippen molar-refractivity contribution in [3.63, 3.8) is 0 Å². The predicted molar refractivity (Wildman–Crippen MR) is 117 cm³/mol. The summed E-state index contributed by atoms with van der Waals surface area (Å²) in [5.74, 6) is 1.72. The first kappa shape index (κ1) is 22.5. The van der Waals surface area contributed by atoms with Gasteiger partial charge in [-0.1, -0.05) is 26.0 Å². The standard InChI is InChI=1S/C25H32O4/c1-7-17(3)25(26)23-16-21(27-6)11-12-24(23)29-19(5)13-14-28-22-10-9-20(8-2)18(4)15-22/h7,9-12,15-17,19H,1,8,13-14H2,2-6H3/t17?,19-/m1/s1. The fourth-order valence-corrected chi connectivity index (χ4v) is 3.06. The van der Waals surface area contributed by atoms with Crippen LogP contribution in [-0.2, 0) is 6.42 Å². The molecule has 29 heavy (non-hydrogen) atoms. The molecule has 0 aliphatic heterocycles. The van der Waals surface area contributed by atoms with Gasteiger partial charge < -0.3 is 14.2 Å². The van der Waals surface area contributed by atoms with Gasteiger partial charge in [-0.15, -0.1) is 6.58 Å². The Bertz CT molecular complexity index is 841. The van der Waals surface area contributed by atoms with E-state index >= 15 is 0 Å². The molecule has 0 saturated heterocycles. The van der Waals surface area contributed by atoms with Gasteiger partial charge in [0.05, 0.1) is 25.4 Å². The Morgan fingerprint density at radius 2 is 1.86 bits per heavy atom. The highest BCUT2D eigenvalue weighted by molar-refractivity contribution is 6.01. The van der Waals surface area contributed by atoms with Crippen molar-refractivity contribution in [3.8, 4) is 17.2 Å². The van der Waals surface area contributed by atoms with E-state index in [1.807, 2.05) is 19.9 Å². The lowest BCUT2D eigenvalue weighted by Crippen LogP contribution is -2.18. The molecular weight excluding hydrogens is 364 g/mol. The van der Waals surface area contributed by atoms with Crippen molar-refractivity contribution in [1.82, 2.24) is 0 Å². The number of hydrogen-bond acceptors (Lipinski definition) is 4. The van der Waals surface area contributed by atoms with Gasteiger partial charge in [-0.25, -0.2) is 0 Å². The van der Waals surface area contributed by atoms with E-state index in [2.05, 4.69) is 32.6 Å². The lowest BCUT2D eigenvalue weighted by Gasteiger charge is -2.19. The molecule has 4 nitrogen and oxygen atoms in total. The molecule has 0 aliphatic rings. The number of methoxy groups -OCH3 is 1. The molecule has 0 aromatic heterocycles. The molecule has 0 saturated carbocycles. The molecule has 0 fully saturated rings. The van der Waals surface area contributed by atoms with Crippen LogP contribution in [0.1, 0.15) is 48.7 Å². The maximum atomic E-state index is 12.7. The summed E-state index contributed by atoms with van der Waals surface area (Å²) in [5, 5.41) is 0. The highest BCUT2D eigenvalue weighted by atomic mass is 16.5. The minimum Gasteiger partial charge on any atom is -0.497 e. The molecule has 2 aromatic carbocycles. The fraction of sp³-hybridized carbons (Fsp3) is 0.400. The minimum absolute atomic E-state index is 0.0381. The Balaban J connectivity index is 2.01. The van der Waals surface area contributed by atoms with Crippen LogP contribution in [0.5, 0.6) is 17.2 Å². The Morgan fingerprint density at radius 1 is 1.14 bits per heavy atom. The van der Waals surface area contributed by atoms with E-state index in [-0.39, 0.29) is 17.8 Å². The Labute approximate surface area is 174 Å². The highest BCUT2D eigenvalue weighted by Gasteiger charge is 2.19. The molecule has 2 atom stereocenters. The predicted octanol–water partition coefficient (Wildman–Crippen LogP) is 5.81. The first-order chi connectivity index (χ1) is 13.9. The number of Topliss-reactive ketones (excluding diaryl/α,β-unsaturated/α-hetero) is 1. The van der Waals surface area contributed by atoms with Crippen molar-refractivity contribution in [2.75, 3.05) is 13.7 Å². The Morgan fingerprint density at radius 3 is 2.48 bits per heavy atom. The highest BCUT2D eigenvalue weighted by Crippen LogP contribution is 2.28. The van der Waals surface area contributed by atoms with Gasteiger partial charge in [-0.3, -0.25) is 4.79 Å². The van der Waals surface area contributed by atoms with Crippen LogP contribution >= 0.6 is 0 Å². The number of carbonyl (C=O) groups is 1. The zero-order valence-corrected chi connectivity index (χ0v) is 18.2. The van der Waals surface area contributed by atoms with Crippen LogP contribution in [0, 0.1) is 12.8 Å². The van der Waals surface area contributed by atoms with Crippen molar-refractivity contribution >= 4 is 5.78 Å². The van der Waals surface area contributed by atoms with Gasteiger partial charge >= 0.3 is 0 Å². The second-order valence-electron chi connectivity index (χ2n) is 7.26. The summed E-state index contributed by atoms with van der Waals surface area (Å²) in [6, 6.07) is 11.5. The molecule has 0 amide bonds. The smallest absolute Gasteiger partial charge is 0.173 e. The van der Waals surface area contributed by atoms with Gasteiger partial charge in [-0.05, 0) is 61.7 Å². The maximum Gasteiger partial charge on any atom is 0.173 e. The number of rotatable bonds is 11. The van der Waals surface area contributed by atoms with Gasteiger partial charge in [0.25, 0.3) is 0 Å². The molecule has 2 aromatic rings. The SMILES string of the molecule is C=CC(C)C(=O)c1cc(OC)ccc1O[C@H](C)CCOc1ccc(CC)c(C)c1. The van der Waals surface area contributed by atoms with Crippen molar-refractivity contribution in [2.24, 2.45) is 5.92 Å². The summed E-state index contributed by atoms with van der Waals surface area (Å²) in [5.41, 5.74) is 3.09. The van der Waals surface area contributed by atoms with E-state index in [4.69, 9.17) is 14.2 Å². The van der Waals surface area contributed by atoms with Crippen LogP contribution in [0.4, 0.5) is 0 Å². The molecule has 156 valence electrons. The molecule has 0 bridgehead atoms. The van der Waals surface area contributed by atoms with Gasteiger partial charge in [-0.2, -0.15) is 0 Å². The first-order valence-corrected chi connectivity index (χ1v) is 10.1. The maximum absolute atomic E-state index is 12.7. The van der Waals surface area contributed by atoms with Gasteiger partial charge in [0.1, 0.15) is 17.2 Å². The van der Waals surface area contributed by atoms with E-state index in [0.717, 1.165) is 12.2 Å². The van der Waals surface area contributed by atoms with E-state index in [9.17, 15) is 4.79 Å². The Hall–Kier alpha value is -2.75. The fourth-order valence-electron chi connectivity index (χ4n) is 3.06. The molecule has 0 heterocycles. The van der Waals surface area contributed by atoms with Crippen LogP contribution in [0.3, 0.4) is 0 Å². The Kier molecular flexibility index (Phi) is 8.32. The lowest BCUT2D eigenvalue weighted by molar-refractivity contribution is 0.0945. The van der Waals surface area contributed by atoms with E-state index in [1.165, 1.54) is 11.1 Å². The van der Waals surface area contributed by atoms with Gasteiger partial charge in [0.15, 0.2) is 5.78 Å². The molecule has 0 radical (unpaired) electrons. The van der Waals surface area contributed by atoms with Crippen LogP contribution in [-0.4, -0.2) is 25.6 Å². The summed E-state index contributed by atoms with van der Waals surface area (Å²) in [7, 11) is 1.58. The second-order valence-corrected chi connectivity index (χ2v) is 7.26. The van der Waals surface area contributed by atoms with Crippen LogP contribution in [0.2, 0.25) is 0 Å². The van der Waals surface area contributed by atoms with E-state index in [1.54, 1.807) is 31.4 Å². The number of ketones is 1. The summed E-state index contributed by atoms with van der Waals surface area (Å²) in [4.78, 5) is 12.7. The number of allylic oxidation sites excluding steroid dienone is 1. The molecule has 1 unspecified atom stereocenters. The first-order valence-electron chi connectivity index (χ1n) is 10.1. The normalized spacial score (nSPS) is 12.7. The van der Waals surface area contributed by atoms with Crippen molar-refractivity contribution in [3.05, 3.63) is 65.7 Å². The summed E-state index contributed by atoms with van der Waals surface area (Å²) in [6.07, 6.45) is 3.24. The summed E-state index contributed by atoms with van der Waals surface area (Å²) in [6.45, 7) is 12.3. The molecule has 0 aliphatic carbocycles. The zero-order valence-electron chi connectivity index (χ0n) is 18.2. The zero-order chi connectivity index (χ0) is 21.4. The average molecular weight is 397 g/mol. The molecule has 2 rings (SSSR count). The van der Waals surface area contributed by atoms with Crippen LogP contribution in [0.25, 0.3) is 0 Å². The van der Waals surface area contributed by atoms with Crippen molar-refractivity contribution in [1.29, 1.82) is 0 Å². The number of ether oxygens (including phenoxy) is 3. The number of hydrogen-bond donors (Lipinski definition) is 0. The molecular formula is C25H32O4. The summed E-state index contributed by atoms with van der Waals surface area (Å²) < 4.78 is 17.2. The van der Waals surface area contributed by atoms with Crippen LogP contribution < -0.4 is 14.2 Å². The topological polar surface area (TPSA) is 44.8 Å². The monoisotopic (exact) mass is 396 g/mol. The van der Waals surface area contributed by atoms with Crippen LogP contribution in [0.15, 0.2) is 49.1 Å². The average Bonchev–Trinajstić information content (AvgIpc) is 2.73. The second kappa shape index (κ2) is 10.7. The largest absolute Gasteiger partial charge is 0.497 e. The third-order valence-electron chi connectivity index (χ3n) is 5.04. The lowest BCUT2D eigenvalue weighted by atomic mass is 9.98. The number of aryl methyl sites for hydroxylation is 2. The molecule has 4 heteroatoms. The number of carbonyl (C=O) groups excluding carboxylic acids is 1. The molecule has 0 spiro atoms. The van der Waals surface area contributed by atoms with E-state index < -0.39 is 0 Å². The third kappa shape index (κ3) is 6.11. The summed E-state index contributed by atoms with van der Waals surface area (Å²) >= 11 is 0. The molecule has 0 N–H and O–H groups in total. The number of benzene rings is 2. The quantitative estimate of drug-likeness (QED) is 0.355. The third-order valence-corrected chi connectivity index (χ3v) is 5.04. The van der Waals surface area contributed by atoms with Crippen molar-refractivity contribution < 1.29 is 19.0 Å². The van der Waals surface area contributed by atoms with E-state index in [0.29, 0.717) is 30.1 Å².